The van der Waals surface area contributed by atoms with E-state index in [9.17, 15) is 5.26 Å². The summed E-state index contributed by atoms with van der Waals surface area (Å²) in [4.78, 5) is 91.3. The van der Waals surface area contributed by atoms with Gasteiger partial charge in [-0.3, -0.25) is 36.5 Å². The van der Waals surface area contributed by atoms with Gasteiger partial charge in [0.1, 0.15) is 90.5 Å². The Kier molecular flexibility index (Phi) is 22.2. The number of fused-ring (bicyclic) bond motifs is 8. The maximum Gasteiger partial charge on any atom is 0.189 e. The first-order valence-corrected chi connectivity index (χ1v) is 48.1. The standard InChI is InChI=1S/C45H24N12.C41H26N10.C36H24N6/c1-47-32-10-4-13-35(25-32)56-41(53-38-16-7-19-50-44(38)56)30-22-29(40-52-37-15-6-18-49-43(37)55(40)34-12-3-9-28(21-34)27-46)23-31(24-30)42-54-39-17-8-20-51-45(39)57(42)36-14-5-11-33(26-36)48-2;1-4-13-28(14-5-1)49-36(46-31-19-10-22-42-37(31)49)27-25-34(40-47-32-20-11-23-43-38(32)50(40)29-15-6-2-7-16-29)45-35(26-27)41-48-33-21-12-24-44-39(33)51(41)30-17-8-3-9-18-30;1-3-9-29(10-4-1)41-33(39-31-13-7-23-37-35(31)41)27-19-15-25(16-20-27)26-17-21-28(22-18-26)34-40-32-14-8-24-38-36(32)42(34)30-11-5-2-6-12-30/h3-26H;1-26H;1-24H. The van der Waals surface area contributed by atoms with Crippen molar-refractivity contribution >= 4 is 101 Å². The number of aromatic nitrogens is 25. The van der Waals surface area contributed by atoms with Gasteiger partial charge in [-0.05, 0) is 242 Å². The van der Waals surface area contributed by atoms with Gasteiger partial charge in [-0.25, -0.2) is 94.4 Å². The lowest BCUT2D eigenvalue weighted by Gasteiger charge is -2.15. The molecule has 0 aliphatic rings. The highest BCUT2D eigenvalue weighted by molar-refractivity contribution is 5.92. The van der Waals surface area contributed by atoms with Crippen LogP contribution < -0.4 is 0 Å². The Morgan fingerprint density at radius 3 is 0.653 bits per heavy atom. The van der Waals surface area contributed by atoms with Gasteiger partial charge in [-0.15, -0.1) is 0 Å². The van der Waals surface area contributed by atoms with E-state index in [1.807, 2.05) is 323 Å². The Morgan fingerprint density at radius 1 is 0.180 bits per heavy atom. The van der Waals surface area contributed by atoms with Gasteiger partial charge in [0.2, 0.25) is 0 Å². The van der Waals surface area contributed by atoms with Gasteiger partial charge in [0.05, 0.1) is 30.5 Å². The second-order valence-corrected chi connectivity index (χ2v) is 35.1. The van der Waals surface area contributed by atoms with E-state index >= 15 is 0 Å². The molecule has 0 bridgehead atoms. The molecule has 11 aromatic carbocycles. The summed E-state index contributed by atoms with van der Waals surface area (Å²) in [6.45, 7) is 15.5. The number of hydrogen-bond donors (Lipinski definition) is 0. The van der Waals surface area contributed by atoms with E-state index in [2.05, 4.69) is 133 Å². The van der Waals surface area contributed by atoms with Crippen LogP contribution >= 0.6 is 0 Å². The number of imidazole rings is 8. The molecule has 0 amide bonds. The molecule has 17 aromatic heterocycles. The maximum atomic E-state index is 9.86. The predicted octanol–water partition coefficient (Wildman–Crippen LogP) is 26.3. The quantitative estimate of drug-likeness (QED) is 0.0765. The summed E-state index contributed by atoms with van der Waals surface area (Å²) in [5.41, 5.74) is 28.8. The second-order valence-electron chi connectivity index (χ2n) is 35.1. The van der Waals surface area contributed by atoms with E-state index in [0.29, 0.717) is 113 Å². The number of nitriles is 1. The third-order valence-electron chi connectivity index (χ3n) is 25.9. The topological polar surface area (TPSA) is 291 Å². The molecule has 0 saturated carbocycles. The largest absolute Gasteiger partial charge is 0.278 e. The van der Waals surface area contributed by atoms with Crippen LogP contribution in [0.15, 0.2) is 450 Å². The third-order valence-corrected chi connectivity index (χ3v) is 25.9. The molecule has 0 aliphatic heterocycles. The molecule has 0 N–H and O–H groups in total. The van der Waals surface area contributed by atoms with Gasteiger partial charge in [-0.1, -0.05) is 170 Å². The molecule has 0 unspecified atom stereocenters. The molecule has 28 nitrogen and oxygen atoms in total. The molecular formula is C122H74N28. The number of rotatable bonds is 17. The first-order chi connectivity index (χ1) is 74.2. The van der Waals surface area contributed by atoms with Crippen LogP contribution in [-0.4, -0.2) is 121 Å². The number of hydrogen-bond acceptors (Lipinski definition) is 18. The molecule has 28 heteroatoms. The van der Waals surface area contributed by atoms with Crippen molar-refractivity contribution in [3.05, 3.63) is 478 Å². The number of pyridine rings is 9. The van der Waals surface area contributed by atoms with Gasteiger partial charge in [0.25, 0.3) is 0 Å². The summed E-state index contributed by atoms with van der Waals surface area (Å²) in [5, 5.41) is 9.86. The summed E-state index contributed by atoms with van der Waals surface area (Å²) in [6.07, 6.45) is 14.2. The minimum atomic E-state index is 0.481. The molecule has 28 aromatic rings. The van der Waals surface area contributed by atoms with Crippen molar-refractivity contribution in [2.45, 2.75) is 0 Å². The highest BCUT2D eigenvalue weighted by atomic mass is 15.2. The second kappa shape index (κ2) is 37.8. The van der Waals surface area contributed by atoms with Crippen LogP contribution in [0.1, 0.15) is 5.56 Å². The Hall–Kier alpha value is -22.0. The lowest BCUT2D eigenvalue weighted by atomic mass is 10.0. The minimum Gasteiger partial charge on any atom is -0.278 e. The SMILES string of the molecule is [C-]#[N+]c1cccc(-n2c(-c3cc(-c4nc5cccnc5n4-c4cccc(C#N)c4)cc(-c4nc5cccnc5n4-c4cccc([N+]#[C-])c4)c3)nc3cccnc32)c1.c1ccc(-n2c(-c3cc(-c4nc5cccnc5n4-c4ccccc4)nc(-c4nc5cccnc5n4-c4ccccc4)c3)nc3cccnc32)cc1.c1ccc(-n2c(-c3ccc(-c4ccc(-c5nc6cccnc6n5-c5ccccc5)cc4)cc3)nc3cccnc32)cc1. The number of benzene rings is 11. The van der Waals surface area contributed by atoms with Crippen LogP contribution in [0.5, 0.6) is 0 Å². The van der Waals surface area contributed by atoms with E-state index in [1.165, 1.54) is 0 Å². The van der Waals surface area contributed by atoms with Gasteiger partial charge in [-0.2, -0.15) is 5.26 Å². The van der Waals surface area contributed by atoms with E-state index in [1.54, 1.807) is 55.4 Å². The Labute approximate surface area is 854 Å². The lowest BCUT2D eigenvalue weighted by Crippen LogP contribution is -2.04. The Morgan fingerprint density at radius 2 is 0.393 bits per heavy atom. The van der Waals surface area contributed by atoms with Crippen molar-refractivity contribution in [2.24, 2.45) is 0 Å². The normalized spacial score (nSPS) is 11.3. The zero-order valence-electron chi connectivity index (χ0n) is 79.2. The average Bonchev–Trinajstić information content (AvgIpc) is 1.58. The molecular weight excluding hydrogens is 1860 g/mol. The maximum absolute atomic E-state index is 9.86. The van der Waals surface area contributed by atoms with Crippen LogP contribution in [-0.2, 0) is 0 Å². The van der Waals surface area contributed by atoms with Crippen molar-refractivity contribution in [3.63, 3.8) is 0 Å². The molecule has 0 fully saturated rings. The molecule has 0 spiro atoms. The van der Waals surface area contributed by atoms with Crippen molar-refractivity contribution in [1.29, 1.82) is 5.26 Å². The molecule has 0 saturated heterocycles. The smallest absolute Gasteiger partial charge is 0.189 e. The fourth-order valence-electron chi connectivity index (χ4n) is 19.3. The molecule has 28 rings (SSSR count). The van der Waals surface area contributed by atoms with E-state index < -0.39 is 0 Å². The molecule has 702 valence electrons. The van der Waals surface area contributed by atoms with Crippen LogP contribution in [0.2, 0.25) is 0 Å². The lowest BCUT2D eigenvalue weighted by molar-refractivity contribution is 1.04. The van der Waals surface area contributed by atoms with Gasteiger partial charge >= 0.3 is 0 Å². The van der Waals surface area contributed by atoms with E-state index in [4.69, 9.17) is 87.9 Å². The van der Waals surface area contributed by atoms with E-state index in [-0.39, 0.29) is 0 Å². The monoisotopic (exact) mass is 1930 g/mol. The van der Waals surface area contributed by atoms with Crippen molar-refractivity contribution in [2.75, 3.05) is 0 Å². The van der Waals surface area contributed by atoms with Gasteiger partial charge in [0.15, 0.2) is 68.2 Å². The minimum absolute atomic E-state index is 0.481. The molecule has 150 heavy (non-hydrogen) atoms. The average molecular weight is 1930 g/mol. The van der Waals surface area contributed by atoms with Crippen molar-refractivity contribution in [1.82, 2.24) is 121 Å². The fraction of sp³-hybridized carbons (Fsp3) is 0. The summed E-state index contributed by atoms with van der Waals surface area (Å²) in [5.74, 6) is 5.46. The van der Waals surface area contributed by atoms with Crippen LogP contribution in [0.3, 0.4) is 0 Å². The summed E-state index contributed by atoms with van der Waals surface area (Å²) >= 11 is 0. The van der Waals surface area contributed by atoms with Crippen LogP contribution in [0.4, 0.5) is 11.4 Å². The molecule has 0 atom stereocenters. The first kappa shape index (κ1) is 88.2. The molecule has 0 radical (unpaired) electrons. The summed E-state index contributed by atoms with van der Waals surface area (Å²) in [6, 6.07) is 133. The fourth-order valence-corrected chi connectivity index (χ4v) is 19.3. The Balaban J connectivity index is 0.000000115. The van der Waals surface area contributed by atoms with Gasteiger partial charge in [0, 0.05) is 123 Å². The zero-order valence-corrected chi connectivity index (χ0v) is 79.2. The van der Waals surface area contributed by atoms with E-state index in [0.717, 1.165) is 141 Å². The molecule has 17 heterocycles. The number of para-hydroxylation sites is 5. The number of nitrogens with zero attached hydrogens (tertiary/aromatic N) is 28. The Bertz CT molecular complexity index is 9360. The van der Waals surface area contributed by atoms with Crippen molar-refractivity contribution < 1.29 is 0 Å². The summed E-state index contributed by atoms with van der Waals surface area (Å²) < 4.78 is 16.3. The van der Waals surface area contributed by atoms with Crippen LogP contribution in [0, 0.1) is 24.5 Å². The predicted molar refractivity (Wildman–Crippen MR) is 583 cm³/mol. The van der Waals surface area contributed by atoms with Crippen LogP contribution in [0.25, 0.3) is 247 Å². The first-order valence-electron chi connectivity index (χ1n) is 48.1. The molecule has 0 aliphatic carbocycles. The third kappa shape index (κ3) is 16.1. The van der Waals surface area contributed by atoms with Crippen molar-refractivity contribution in [3.8, 4) is 154 Å². The zero-order chi connectivity index (χ0) is 100. The van der Waals surface area contributed by atoms with Gasteiger partial charge < -0.3 is 0 Å². The highest BCUT2D eigenvalue weighted by Gasteiger charge is 2.30. The summed E-state index contributed by atoms with van der Waals surface area (Å²) in [7, 11) is 0. The highest BCUT2D eigenvalue weighted by Crippen LogP contribution is 2.43.